The third-order valence-corrected chi connectivity index (χ3v) is 5.72. The Kier molecular flexibility index (Phi) is 11.8. The zero-order valence-corrected chi connectivity index (χ0v) is 20.8. The molecule has 29 heavy (non-hydrogen) atoms. The molecule has 2 aromatic rings. The van der Waals surface area contributed by atoms with Gasteiger partial charge in [-0.25, -0.2) is 4.98 Å². The number of aliphatic imine (C=N–C) groups is 1. The van der Waals surface area contributed by atoms with Crippen molar-refractivity contribution in [1.82, 2.24) is 20.5 Å². The number of hydrogen-bond acceptors (Lipinski definition) is 4. The summed E-state index contributed by atoms with van der Waals surface area (Å²) in [5.41, 5.74) is 1.83. The van der Waals surface area contributed by atoms with Gasteiger partial charge in [0.15, 0.2) is 5.96 Å². The van der Waals surface area contributed by atoms with E-state index in [-0.39, 0.29) is 29.9 Å². The van der Waals surface area contributed by atoms with E-state index in [1.807, 2.05) is 49.2 Å². The largest absolute Gasteiger partial charge is 0.356 e. The monoisotopic (exact) mass is 529 g/mol. The van der Waals surface area contributed by atoms with Gasteiger partial charge in [0.05, 0.1) is 5.01 Å². The molecule has 0 aliphatic rings. The molecule has 8 heteroatoms. The maximum absolute atomic E-state index is 12.4. The van der Waals surface area contributed by atoms with Gasteiger partial charge in [-0.05, 0) is 38.0 Å². The minimum Gasteiger partial charge on any atom is -0.356 e. The predicted octanol–water partition coefficient (Wildman–Crippen LogP) is 3.71. The summed E-state index contributed by atoms with van der Waals surface area (Å²) in [5, 5.41) is 7.78. The van der Waals surface area contributed by atoms with E-state index in [1.165, 1.54) is 4.88 Å². The third kappa shape index (κ3) is 7.93. The number of aryl methyl sites for hydroxylation is 1. The summed E-state index contributed by atoms with van der Waals surface area (Å²) < 4.78 is 0. The Labute approximate surface area is 195 Å². The molecule has 0 bridgehead atoms. The van der Waals surface area contributed by atoms with Crippen molar-refractivity contribution < 1.29 is 4.79 Å². The molecule has 1 aromatic carbocycles. The maximum Gasteiger partial charge on any atom is 0.253 e. The first-order chi connectivity index (χ1) is 13.6. The summed E-state index contributed by atoms with van der Waals surface area (Å²) in [6.45, 7) is 9.02. The van der Waals surface area contributed by atoms with Gasteiger partial charge in [-0.3, -0.25) is 9.79 Å². The molecule has 1 amide bonds. The zero-order valence-electron chi connectivity index (χ0n) is 17.7. The van der Waals surface area contributed by atoms with Gasteiger partial charge in [0.1, 0.15) is 0 Å². The lowest BCUT2D eigenvalue weighted by Crippen LogP contribution is -2.37. The van der Waals surface area contributed by atoms with Gasteiger partial charge in [0.2, 0.25) is 0 Å². The van der Waals surface area contributed by atoms with E-state index in [1.54, 1.807) is 18.4 Å². The number of nitrogens with zero attached hydrogens (tertiary/aromatic N) is 3. The number of hydrogen-bond donors (Lipinski definition) is 2. The molecule has 0 spiro atoms. The van der Waals surface area contributed by atoms with Crippen LogP contribution in [0.2, 0.25) is 0 Å². The highest BCUT2D eigenvalue weighted by Gasteiger charge is 2.11. The lowest BCUT2D eigenvalue weighted by Gasteiger charge is -2.18. The van der Waals surface area contributed by atoms with Gasteiger partial charge < -0.3 is 15.5 Å². The topological polar surface area (TPSA) is 69.6 Å². The van der Waals surface area contributed by atoms with Crippen LogP contribution < -0.4 is 10.6 Å². The van der Waals surface area contributed by atoms with E-state index >= 15 is 0 Å². The number of nitrogens with one attached hydrogen (secondary N) is 2. The van der Waals surface area contributed by atoms with Crippen LogP contribution >= 0.6 is 35.3 Å². The fraction of sp³-hybridized carbons (Fsp3) is 0.476. The van der Waals surface area contributed by atoms with Crippen molar-refractivity contribution in [3.8, 4) is 0 Å². The quantitative estimate of drug-likeness (QED) is 0.295. The summed E-state index contributed by atoms with van der Waals surface area (Å²) in [4.78, 5) is 24.2. The summed E-state index contributed by atoms with van der Waals surface area (Å²) in [6.07, 6.45) is 3.88. The van der Waals surface area contributed by atoms with Crippen molar-refractivity contribution in [2.24, 2.45) is 4.99 Å². The van der Waals surface area contributed by atoms with Gasteiger partial charge in [-0.15, -0.1) is 35.3 Å². The molecule has 0 aliphatic carbocycles. The summed E-state index contributed by atoms with van der Waals surface area (Å²) in [5.74, 6) is 0.839. The van der Waals surface area contributed by atoms with Gasteiger partial charge in [0, 0.05) is 56.3 Å². The van der Waals surface area contributed by atoms with Gasteiger partial charge in [-0.1, -0.05) is 19.1 Å². The van der Waals surface area contributed by atoms with Gasteiger partial charge >= 0.3 is 0 Å². The van der Waals surface area contributed by atoms with Crippen LogP contribution in [0, 0.1) is 0 Å². The molecule has 6 nitrogen and oxygen atoms in total. The fourth-order valence-corrected chi connectivity index (χ4v) is 3.64. The van der Waals surface area contributed by atoms with Crippen LogP contribution in [0.1, 0.15) is 46.6 Å². The number of benzene rings is 1. The minimum absolute atomic E-state index is 0. The van der Waals surface area contributed by atoms with E-state index in [0.717, 1.165) is 54.6 Å². The van der Waals surface area contributed by atoms with Crippen LogP contribution in [0.15, 0.2) is 35.5 Å². The Hall–Kier alpha value is -1.68. The molecule has 0 saturated heterocycles. The number of carbonyl (C=O) groups is 1. The van der Waals surface area contributed by atoms with Crippen molar-refractivity contribution in [2.45, 2.75) is 40.2 Å². The predicted molar refractivity (Wildman–Crippen MR) is 133 cm³/mol. The summed E-state index contributed by atoms with van der Waals surface area (Å²) >= 11 is 1.77. The Balaban J connectivity index is 0.00000420. The lowest BCUT2D eigenvalue weighted by atomic mass is 10.1. The molecule has 0 fully saturated rings. The number of rotatable bonds is 9. The van der Waals surface area contributed by atoms with Crippen LogP contribution in [-0.4, -0.2) is 48.4 Å². The smallest absolute Gasteiger partial charge is 0.253 e. The van der Waals surface area contributed by atoms with Crippen molar-refractivity contribution in [3.05, 3.63) is 51.5 Å². The van der Waals surface area contributed by atoms with Crippen LogP contribution in [0.5, 0.6) is 0 Å². The van der Waals surface area contributed by atoms with E-state index < -0.39 is 0 Å². The Morgan fingerprint density at radius 3 is 2.38 bits per heavy atom. The molecule has 2 N–H and O–H groups in total. The Bertz CT molecular complexity index is 772. The number of carbonyl (C=O) groups excluding carboxylic acids is 1. The van der Waals surface area contributed by atoms with Gasteiger partial charge in [-0.2, -0.15) is 0 Å². The third-order valence-electron chi connectivity index (χ3n) is 4.52. The van der Waals surface area contributed by atoms with Crippen LogP contribution in [0.3, 0.4) is 0 Å². The van der Waals surface area contributed by atoms with E-state index in [0.29, 0.717) is 6.54 Å². The first-order valence-corrected chi connectivity index (χ1v) is 10.7. The second kappa shape index (κ2) is 13.5. The number of guanidine groups is 1. The number of thiazole rings is 1. The highest BCUT2D eigenvalue weighted by Crippen LogP contribution is 2.13. The standard InChI is InChI=1S/C21H31N5OS.HI/c1-5-18-15-24-19(28-18)12-13-23-21(22-4)25-14-16-8-10-17(11-9-16)20(27)26(6-2)7-3;/h8-11,15H,5-7,12-14H2,1-4H3,(H2,22,23,25);1H. The van der Waals surface area contributed by atoms with E-state index in [4.69, 9.17) is 0 Å². The molecule has 0 saturated carbocycles. The molecular weight excluding hydrogens is 497 g/mol. The maximum atomic E-state index is 12.4. The highest BCUT2D eigenvalue weighted by atomic mass is 127. The lowest BCUT2D eigenvalue weighted by molar-refractivity contribution is 0.0773. The second-order valence-electron chi connectivity index (χ2n) is 6.35. The molecule has 1 aromatic heterocycles. The van der Waals surface area contributed by atoms with Crippen LogP contribution in [0.25, 0.3) is 0 Å². The normalized spacial score (nSPS) is 11.0. The fourth-order valence-electron chi connectivity index (χ4n) is 2.78. The number of aromatic nitrogens is 1. The first kappa shape index (κ1) is 25.4. The molecule has 0 radical (unpaired) electrons. The minimum atomic E-state index is 0. The molecular formula is C21H32IN5OS. The zero-order chi connectivity index (χ0) is 20.4. The van der Waals surface area contributed by atoms with E-state index in [2.05, 4.69) is 27.5 Å². The molecule has 0 atom stereocenters. The number of amides is 1. The number of halogens is 1. The van der Waals surface area contributed by atoms with Crippen LogP contribution in [-0.2, 0) is 19.4 Å². The second-order valence-corrected chi connectivity index (χ2v) is 7.55. The van der Waals surface area contributed by atoms with E-state index in [9.17, 15) is 4.79 Å². The van der Waals surface area contributed by atoms with Crippen molar-refractivity contribution in [3.63, 3.8) is 0 Å². The summed E-state index contributed by atoms with van der Waals surface area (Å²) in [7, 11) is 1.76. The van der Waals surface area contributed by atoms with Crippen molar-refractivity contribution in [2.75, 3.05) is 26.7 Å². The van der Waals surface area contributed by atoms with Gasteiger partial charge in [0.25, 0.3) is 5.91 Å². The average Bonchev–Trinajstić information content (AvgIpc) is 3.19. The SMILES string of the molecule is CCc1cnc(CCNC(=NC)NCc2ccc(C(=O)N(CC)CC)cc2)s1.I. The Morgan fingerprint density at radius 2 is 1.83 bits per heavy atom. The van der Waals surface area contributed by atoms with Crippen LogP contribution in [0.4, 0.5) is 0 Å². The molecule has 0 aliphatic heterocycles. The first-order valence-electron chi connectivity index (χ1n) is 9.87. The molecule has 0 unspecified atom stereocenters. The average molecular weight is 529 g/mol. The van der Waals surface area contributed by atoms with Crippen molar-refractivity contribution >= 4 is 47.2 Å². The highest BCUT2D eigenvalue weighted by molar-refractivity contribution is 14.0. The Morgan fingerprint density at radius 1 is 1.14 bits per heavy atom. The molecule has 1 heterocycles. The molecule has 2 rings (SSSR count). The summed E-state index contributed by atoms with van der Waals surface area (Å²) in [6, 6.07) is 7.75. The molecule has 160 valence electrons. The van der Waals surface area contributed by atoms with Crippen molar-refractivity contribution in [1.29, 1.82) is 0 Å².